The first kappa shape index (κ1) is 25.4. The third-order valence-electron chi connectivity index (χ3n) is 6.81. The lowest BCUT2D eigenvalue weighted by molar-refractivity contribution is -0.123. The fourth-order valence-corrected chi connectivity index (χ4v) is 5.36. The Balaban J connectivity index is 1.89. The maximum atomic E-state index is 14.2. The van der Waals surface area contributed by atoms with Crippen molar-refractivity contribution < 1.29 is 14.4 Å². The molecule has 1 heterocycles. The predicted octanol–water partition coefficient (Wildman–Crippen LogP) is 4.20. The summed E-state index contributed by atoms with van der Waals surface area (Å²) in [4.78, 5) is 41.4. The minimum Gasteiger partial charge on any atom is -0.395 e. The van der Waals surface area contributed by atoms with Crippen molar-refractivity contribution in [2.45, 2.75) is 58.5 Å². The fourth-order valence-electron chi connectivity index (χ4n) is 4.62. The maximum absolute atomic E-state index is 14.2. The van der Waals surface area contributed by atoms with E-state index >= 15 is 0 Å². The van der Waals surface area contributed by atoms with Crippen LogP contribution in [0.1, 0.15) is 74.1 Å². The van der Waals surface area contributed by atoms with Crippen molar-refractivity contribution in [3.05, 3.63) is 75.3 Å². The van der Waals surface area contributed by atoms with Gasteiger partial charge in [0.05, 0.1) is 5.69 Å². The second-order valence-corrected chi connectivity index (χ2v) is 10.1. The van der Waals surface area contributed by atoms with Crippen LogP contribution in [0, 0.1) is 20.8 Å². The lowest BCUT2D eigenvalue weighted by atomic mass is 9.98. The summed E-state index contributed by atoms with van der Waals surface area (Å²) < 4.78 is 4.02. The van der Waals surface area contributed by atoms with Crippen molar-refractivity contribution in [3.63, 3.8) is 0 Å². The van der Waals surface area contributed by atoms with Crippen LogP contribution in [0.3, 0.4) is 0 Å². The molecule has 1 aliphatic rings. The third-order valence-corrected chi connectivity index (χ3v) is 7.66. The number of nitrogen functional groups attached to an aromatic ring is 1. The van der Waals surface area contributed by atoms with Gasteiger partial charge in [-0.2, -0.15) is 4.37 Å². The van der Waals surface area contributed by atoms with Gasteiger partial charge < -0.3 is 16.8 Å². The molecule has 36 heavy (non-hydrogen) atoms. The van der Waals surface area contributed by atoms with E-state index < -0.39 is 17.9 Å². The Bertz CT molecular complexity index is 1300. The summed E-state index contributed by atoms with van der Waals surface area (Å²) in [5, 5.41) is 3.17. The lowest BCUT2D eigenvalue weighted by Crippen LogP contribution is -2.46. The largest absolute Gasteiger partial charge is 0.395 e. The number of amides is 3. The van der Waals surface area contributed by atoms with Gasteiger partial charge in [0.15, 0.2) is 5.69 Å². The van der Waals surface area contributed by atoms with Crippen LogP contribution in [0.25, 0.3) is 0 Å². The molecule has 0 bridgehead atoms. The Morgan fingerprint density at radius 3 is 2.33 bits per heavy atom. The number of rotatable bonds is 7. The van der Waals surface area contributed by atoms with Crippen LogP contribution in [0.2, 0.25) is 0 Å². The van der Waals surface area contributed by atoms with Gasteiger partial charge in [-0.25, -0.2) is 0 Å². The first-order chi connectivity index (χ1) is 17.2. The average molecular weight is 506 g/mol. The van der Waals surface area contributed by atoms with Crippen molar-refractivity contribution in [2.24, 2.45) is 5.73 Å². The van der Waals surface area contributed by atoms with E-state index in [0.29, 0.717) is 11.3 Å². The minimum absolute atomic E-state index is 0.0653. The van der Waals surface area contributed by atoms with E-state index in [1.165, 1.54) is 4.90 Å². The van der Waals surface area contributed by atoms with Crippen LogP contribution < -0.4 is 21.7 Å². The number of hydrogen-bond donors (Lipinski definition) is 3. The highest BCUT2D eigenvalue weighted by molar-refractivity contribution is 7.09. The molecule has 1 fully saturated rings. The Hall–Kier alpha value is -3.72. The highest BCUT2D eigenvalue weighted by Gasteiger charge is 2.37. The molecule has 0 radical (unpaired) electrons. The standard InChI is InChI=1S/C27H31N5O3S/c1-15-11-13-18(14-12-15)23(26(34)30-19-8-4-5-9-19)32(20-10-6-7-16(2)17(20)3)27(35)24-21(28)22(25(29)33)31-36-24/h6-7,10-14,19,23H,4-5,8-9,28H2,1-3H3,(H2,29,33)(H,30,34). The summed E-state index contributed by atoms with van der Waals surface area (Å²) >= 11 is 0.807. The molecule has 9 heteroatoms. The molecule has 8 nitrogen and oxygen atoms in total. The Morgan fingerprint density at radius 2 is 1.72 bits per heavy atom. The first-order valence-electron chi connectivity index (χ1n) is 12.0. The number of carbonyl (C=O) groups is 3. The second-order valence-electron chi connectivity index (χ2n) is 9.34. The van der Waals surface area contributed by atoms with Crippen LogP contribution in [0.15, 0.2) is 42.5 Å². The molecular formula is C27H31N5O3S. The molecule has 0 saturated heterocycles. The number of hydrogen-bond acceptors (Lipinski definition) is 6. The smallest absolute Gasteiger partial charge is 0.273 e. The van der Waals surface area contributed by atoms with Crippen molar-refractivity contribution in [3.8, 4) is 0 Å². The van der Waals surface area contributed by atoms with Gasteiger partial charge in [-0.3, -0.25) is 19.3 Å². The van der Waals surface area contributed by atoms with E-state index in [0.717, 1.165) is 53.9 Å². The monoisotopic (exact) mass is 505 g/mol. The van der Waals surface area contributed by atoms with Crippen LogP contribution in [0.5, 0.6) is 0 Å². The predicted molar refractivity (Wildman–Crippen MR) is 142 cm³/mol. The van der Waals surface area contributed by atoms with Crippen LogP contribution in [-0.4, -0.2) is 28.1 Å². The third kappa shape index (κ3) is 4.97. The topological polar surface area (TPSA) is 131 Å². The number of aromatic nitrogens is 1. The number of aryl methyl sites for hydroxylation is 2. The van der Waals surface area contributed by atoms with E-state index in [-0.39, 0.29) is 28.2 Å². The molecule has 3 aromatic rings. The summed E-state index contributed by atoms with van der Waals surface area (Å²) in [5.41, 5.74) is 15.5. The van der Waals surface area contributed by atoms with Gasteiger partial charge in [0.1, 0.15) is 10.9 Å². The summed E-state index contributed by atoms with van der Waals surface area (Å²) in [6.45, 7) is 5.83. The molecule has 1 aromatic heterocycles. The number of nitrogens with zero attached hydrogens (tertiary/aromatic N) is 2. The molecule has 5 N–H and O–H groups in total. The zero-order chi connectivity index (χ0) is 26.0. The molecule has 1 saturated carbocycles. The van der Waals surface area contributed by atoms with Crippen molar-refractivity contribution in [1.29, 1.82) is 0 Å². The number of anilines is 2. The van der Waals surface area contributed by atoms with Gasteiger partial charge in [0.25, 0.3) is 11.8 Å². The summed E-state index contributed by atoms with van der Waals surface area (Å²) in [5.74, 6) is -1.59. The van der Waals surface area contributed by atoms with Gasteiger partial charge in [-0.15, -0.1) is 0 Å². The van der Waals surface area contributed by atoms with E-state index in [1.54, 1.807) is 0 Å². The fraction of sp³-hybridized carbons (Fsp3) is 0.333. The van der Waals surface area contributed by atoms with Crippen LogP contribution >= 0.6 is 11.5 Å². The molecule has 0 aliphatic heterocycles. The zero-order valence-electron chi connectivity index (χ0n) is 20.7. The highest BCUT2D eigenvalue weighted by atomic mass is 32.1. The number of benzene rings is 2. The van der Waals surface area contributed by atoms with E-state index in [4.69, 9.17) is 11.5 Å². The van der Waals surface area contributed by atoms with Gasteiger partial charge in [-0.05, 0) is 67.9 Å². The number of nitrogens with one attached hydrogen (secondary N) is 1. The van der Waals surface area contributed by atoms with Gasteiger partial charge in [-0.1, -0.05) is 54.8 Å². The Morgan fingerprint density at radius 1 is 1.06 bits per heavy atom. The molecule has 0 spiro atoms. The van der Waals surface area contributed by atoms with E-state index in [2.05, 4.69) is 9.69 Å². The quantitative estimate of drug-likeness (QED) is 0.443. The molecule has 2 aromatic carbocycles. The van der Waals surface area contributed by atoms with E-state index in [1.807, 2.05) is 63.2 Å². The average Bonchev–Trinajstić information content (AvgIpc) is 3.49. The highest BCUT2D eigenvalue weighted by Crippen LogP contribution is 2.36. The van der Waals surface area contributed by atoms with Crippen molar-refractivity contribution in [1.82, 2.24) is 9.69 Å². The van der Waals surface area contributed by atoms with Crippen LogP contribution in [0.4, 0.5) is 11.4 Å². The Labute approximate surface area is 214 Å². The first-order valence-corrected chi connectivity index (χ1v) is 12.8. The summed E-state index contributed by atoms with van der Waals surface area (Å²) in [6.07, 6.45) is 3.95. The Kier molecular flexibility index (Phi) is 7.40. The molecule has 1 atom stereocenters. The molecule has 1 aliphatic carbocycles. The molecule has 188 valence electrons. The summed E-state index contributed by atoms with van der Waals surface area (Å²) in [6, 6.07) is 12.3. The zero-order valence-corrected chi connectivity index (χ0v) is 21.5. The minimum atomic E-state index is -0.960. The lowest BCUT2D eigenvalue weighted by Gasteiger charge is -2.33. The number of carbonyl (C=O) groups excluding carboxylic acids is 3. The second kappa shape index (κ2) is 10.5. The van der Waals surface area contributed by atoms with Crippen molar-refractivity contribution >= 4 is 40.6 Å². The SMILES string of the molecule is Cc1ccc(C(C(=O)NC2CCCC2)N(C(=O)c2snc(C(N)=O)c2N)c2cccc(C)c2C)cc1. The van der Waals surface area contributed by atoms with Gasteiger partial charge in [0, 0.05) is 11.7 Å². The number of primary amides is 1. The molecule has 4 rings (SSSR count). The maximum Gasteiger partial charge on any atom is 0.273 e. The summed E-state index contributed by atoms with van der Waals surface area (Å²) in [7, 11) is 0. The van der Waals surface area contributed by atoms with Crippen molar-refractivity contribution in [2.75, 3.05) is 10.6 Å². The molecule has 1 unspecified atom stereocenters. The molecular weight excluding hydrogens is 474 g/mol. The van der Waals surface area contributed by atoms with Gasteiger partial charge >= 0.3 is 0 Å². The number of nitrogens with two attached hydrogens (primary N) is 2. The van der Waals surface area contributed by atoms with Gasteiger partial charge in [0.2, 0.25) is 5.91 Å². The van der Waals surface area contributed by atoms with E-state index in [9.17, 15) is 14.4 Å². The molecule has 3 amide bonds. The van der Waals surface area contributed by atoms with Crippen LogP contribution in [-0.2, 0) is 4.79 Å². The normalized spacial score (nSPS) is 14.4.